The predicted molar refractivity (Wildman–Crippen MR) is 52.4 cm³/mol. The smallest absolute Gasteiger partial charge is 0.170 e. The molecule has 0 aliphatic rings. The molecule has 0 saturated carbocycles. The molecular weight excluding hydrogens is 178 g/mol. The van der Waals surface area contributed by atoms with Crippen molar-refractivity contribution in [2.75, 3.05) is 0 Å². The van der Waals surface area contributed by atoms with Gasteiger partial charge in [-0.05, 0) is 12.1 Å². The molecule has 68 valence electrons. The van der Waals surface area contributed by atoms with E-state index in [1.165, 1.54) is 0 Å². The van der Waals surface area contributed by atoms with E-state index in [-0.39, 0.29) is 5.76 Å². The van der Waals surface area contributed by atoms with E-state index in [0.717, 1.165) is 11.5 Å². The van der Waals surface area contributed by atoms with Gasteiger partial charge in [-0.2, -0.15) is 5.26 Å². The van der Waals surface area contributed by atoms with Gasteiger partial charge in [0.1, 0.15) is 5.58 Å². The molecule has 2 rings (SSSR count). The summed E-state index contributed by atoms with van der Waals surface area (Å²) < 4.78 is 5.31. The highest BCUT2D eigenvalue weighted by atomic mass is 16.4. The predicted octanol–water partition coefficient (Wildman–Crippen LogP) is 2.86. The van der Waals surface area contributed by atoms with Crippen molar-refractivity contribution in [3.8, 4) is 6.07 Å². The summed E-state index contributed by atoms with van der Waals surface area (Å²) in [7, 11) is 0. The molecule has 0 unspecified atom stereocenters. The largest absolute Gasteiger partial charge is 0.504 e. The van der Waals surface area contributed by atoms with Crippen LogP contribution in [0.3, 0.4) is 0 Å². The molecule has 0 spiro atoms. The van der Waals surface area contributed by atoms with Gasteiger partial charge in [-0.1, -0.05) is 18.2 Å². The zero-order valence-corrected chi connectivity index (χ0v) is 7.27. The van der Waals surface area contributed by atoms with Crippen molar-refractivity contribution >= 4 is 16.7 Å². The van der Waals surface area contributed by atoms with Gasteiger partial charge in [0.05, 0.1) is 12.1 Å². The maximum atomic E-state index is 9.37. The van der Waals surface area contributed by atoms with E-state index in [9.17, 15) is 5.11 Å². The highest BCUT2D eigenvalue weighted by Gasteiger charge is 2.05. The van der Waals surface area contributed by atoms with Crippen LogP contribution in [0.5, 0.6) is 0 Å². The molecule has 0 aliphatic carbocycles. The Morgan fingerprint density at radius 3 is 2.93 bits per heavy atom. The lowest BCUT2D eigenvalue weighted by Gasteiger charge is -1.88. The van der Waals surface area contributed by atoms with E-state index < -0.39 is 0 Å². The van der Waals surface area contributed by atoms with E-state index in [1.54, 1.807) is 18.2 Å². The average Bonchev–Trinajstić information content (AvgIpc) is 2.61. The van der Waals surface area contributed by atoms with E-state index in [1.807, 2.05) is 18.2 Å². The van der Waals surface area contributed by atoms with Gasteiger partial charge < -0.3 is 9.52 Å². The van der Waals surface area contributed by atoms with Crippen LogP contribution in [0.1, 0.15) is 5.76 Å². The summed E-state index contributed by atoms with van der Waals surface area (Å²) in [6, 6.07) is 10.8. The second-order valence-corrected chi connectivity index (χ2v) is 2.81. The summed E-state index contributed by atoms with van der Waals surface area (Å²) in [5.41, 5.74) is 0.695. The number of allylic oxidation sites excluding steroid dienone is 1. The maximum Gasteiger partial charge on any atom is 0.170 e. The first-order valence-corrected chi connectivity index (χ1v) is 4.09. The molecule has 1 heterocycles. The summed E-state index contributed by atoms with van der Waals surface area (Å²) in [6.07, 6.45) is 1.04. The molecule has 1 aromatic carbocycles. The number of nitrogens with zero attached hydrogens (tertiary/aromatic N) is 1. The number of furan rings is 1. The van der Waals surface area contributed by atoms with Gasteiger partial charge in [-0.25, -0.2) is 0 Å². The Bertz CT molecular complexity index is 498. The van der Waals surface area contributed by atoms with Gasteiger partial charge in [0.15, 0.2) is 11.5 Å². The fraction of sp³-hybridized carbons (Fsp3) is 0. The summed E-state index contributed by atoms with van der Waals surface area (Å²) in [5.74, 6) is 0.163. The molecule has 3 nitrogen and oxygen atoms in total. The molecule has 0 amide bonds. The minimum absolute atomic E-state index is 0.149. The van der Waals surface area contributed by atoms with E-state index in [2.05, 4.69) is 0 Å². The van der Waals surface area contributed by atoms with Crippen molar-refractivity contribution in [1.29, 1.82) is 5.26 Å². The normalized spacial score (nSPS) is 11.5. The molecule has 0 atom stereocenters. The standard InChI is InChI=1S/C11H7NO2/c12-6-5-9(13)11-7-8-3-1-2-4-10(8)14-11/h1-5,7,13H/b9-5-. The lowest BCUT2D eigenvalue weighted by molar-refractivity contribution is 0.471. The Morgan fingerprint density at radius 1 is 1.43 bits per heavy atom. The number of para-hydroxylation sites is 1. The van der Waals surface area contributed by atoms with Crippen LogP contribution in [0.4, 0.5) is 0 Å². The van der Waals surface area contributed by atoms with Crippen LogP contribution in [-0.4, -0.2) is 5.11 Å². The number of hydrogen-bond acceptors (Lipinski definition) is 3. The van der Waals surface area contributed by atoms with E-state index in [4.69, 9.17) is 9.68 Å². The fourth-order valence-electron chi connectivity index (χ4n) is 1.24. The van der Waals surface area contributed by atoms with E-state index in [0.29, 0.717) is 11.3 Å². The highest BCUT2D eigenvalue weighted by molar-refractivity contribution is 5.80. The second kappa shape index (κ2) is 3.27. The minimum Gasteiger partial charge on any atom is -0.504 e. The van der Waals surface area contributed by atoms with Crippen LogP contribution < -0.4 is 0 Å². The van der Waals surface area contributed by atoms with E-state index >= 15 is 0 Å². The first kappa shape index (κ1) is 8.39. The molecule has 0 fully saturated rings. The number of hydrogen-bond donors (Lipinski definition) is 1. The number of aliphatic hydroxyl groups is 1. The summed E-state index contributed by atoms with van der Waals surface area (Å²) in [6.45, 7) is 0. The Balaban J connectivity index is 2.57. The zero-order chi connectivity index (χ0) is 9.97. The zero-order valence-electron chi connectivity index (χ0n) is 7.27. The van der Waals surface area contributed by atoms with Crippen LogP contribution in [0.25, 0.3) is 16.7 Å². The van der Waals surface area contributed by atoms with Crippen molar-refractivity contribution < 1.29 is 9.52 Å². The van der Waals surface area contributed by atoms with Gasteiger partial charge in [0.25, 0.3) is 0 Å². The van der Waals surface area contributed by atoms with Crippen molar-refractivity contribution in [2.45, 2.75) is 0 Å². The molecule has 1 N–H and O–H groups in total. The highest BCUT2D eigenvalue weighted by Crippen LogP contribution is 2.22. The third kappa shape index (κ3) is 1.34. The summed E-state index contributed by atoms with van der Waals surface area (Å²) in [4.78, 5) is 0. The quantitative estimate of drug-likeness (QED) is 0.549. The Labute approximate surface area is 80.5 Å². The van der Waals surface area contributed by atoms with Gasteiger partial charge in [-0.3, -0.25) is 0 Å². The topological polar surface area (TPSA) is 57.2 Å². The van der Waals surface area contributed by atoms with Gasteiger partial charge in [-0.15, -0.1) is 0 Å². The minimum atomic E-state index is -0.149. The second-order valence-electron chi connectivity index (χ2n) is 2.81. The van der Waals surface area contributed by atoms with Crippen LogP contribution in [0.15, 0.2) is 40.8 Å². The van der Waals surface area contributed by atoms with Crippen molar-refractivity contribution in [2.24, 2.45) is 0 Å². The Morgan fingerprint density at radius 2 is 2.21 bits per heavy atom. The monoisotopic (exact) mass is 185 g/mol. The SMILES string of the molecule is N#C/C=C(\O)c1cc2ccccc2o1. The van der Waals surface area contributed by atoms with Crippen molar-refractivity contribution in [3.63, 3.8) is 0 Å². The maximum absolute atomic E-state index is 9.37. The average molecular weight is 185 g/mol. The molecule has 0 radical (unpaired) electrons. The number of nitriles is 1. The lowest BCUT2D eigenvalue weighted by atomic mass is 10.2. The van der Waals surface area contributed by atoms with Crippen LogP contribution >= 0.6 is 0 Å². The third-order valence-electron chi connectivity index (χ3n) is 1.88. The number of benzene rings is 1. The Kier molecular flexibility index (Phi) is 1.96. The third-order valence-corrected chi connectivity index (χ3v) is 1.88. The van der Waals surface area contributed by atoms with Gasteiger partial charge >= 0.3 is 0 Å². The van der Waals surface area contributed by atoms with Crippen LogP contribution in [0.2, 0.25) is 0 Å². The van der Waals surface area contributed by atoms with Gasteiger partial charge in [0.2, 0.25) is 0 Å². The summed E-state index contributed by atoms with van der Waals surface area (Å²) >= 11 is 0. The number of rotatable bonds is 1. The molecule has 1 aromatic heterocycles. The first-order valence-electron chi connectivity index (χ1n) is 4.09. The van der Waals surface area contributed by atoms with Gasteiger partial charge in [0, 0.05) is 5.39 Å². The van der Waals surface area contributed by atoms with Crippen molar-refractivity contribution in [1.82, 2.24) is 0 Å². The molecule has 3 heteroatoms. The van der Waals surface area contributed by atoms with Crippen LogP contribution in [-0.2, 0) is 0 Å². The molecule has 14 heavy (non-hydrogen) atoms. The number of aliphatic hydroxyl groups excluding tert-OH is 1. The van der Waals surface area contributed by atoms with Crippen LogP contribution in [0, 0.1) is 11.3 Å². The molecule has 0 aliphatic heterocycles. The molecular formula is C11H7NO2. The first-order chi connectivity index (χ1) is 6.81. The van der Waals surface area contributed by atoms with Crippen molar-refractivity contribution in [3.05, 3.63) is 42.2 Å². The fourth-order valence-corrected chi connectivity index (χ4v) is 1.24. The lowest BCUT2D eigenvalue weighted by Crippen LogP contribution is -1.75. The molecule has 0 saturated heterocycles. The molecule has 0 bridgehead atoms. The summed E-state index contributed by atoms with van der Waals surface area (Å²) in [5, 5.41) is 18.6. The number of fused-ring (bicyclic) bond motifs is 1. The Hall–Kier alpha value is -2.21. The molecule has 2 aromatic rings.